The van der Waals surface area contributed by atoms with Crippen LogP contribution in [0.4, 0.5) is 0 Å². The number of hydrogen-bond donors (Lipinski definition) is 3. The summed E-state index contributed by atoms with van der Waals surface area (Å²) in [5, 5.41) is 5.87. The Morgan fingerprint density at radius 1 is 0.900 bits per heavy atom. The summed E-state index contributed by atoms with van der Waals surface area (Å²) in [7, 11) is 2.01. The summed E-state index contributed by atoms with van der Waals surface area (Å²) < 4.78 is 18.5. The number of ether oxygens (including phenoxy) is 3. The lowest BCUT2D eigenvalue weighted by atomic mass is 10.2. The number of aromatic amines is 1. The van der Waals surface area contributed by atoms with Crippen LogP contribution in [0.1, 0.15) is 17.0 Å². The topological polar surface area (TPSA) is 149 Å². The Morgan fingerprint density at radius 3 is 2.50 bits per heavy atom. The average molecular weight is 536 g/mol. The van der Waals surface area contributed by atoms with Crippen molar-refractivity contribution in [2.75, 3.05) is 20.1 Å². The van der Waals surface area contributed by atoms with Crippen molar-refractivity contribution in [2.24, 2.45) is 10.7 Å². The normalized spacial score (nSPS) is 12.8. The number of aromatic nitrogens is 4. The number of aryl methyl sites for hydroxylation is 1. The van der Waals surface area contributed by atoms with Gasteiger partial charge in [-0.2, -0.15) is 9.97 Å². The van der Waals surface area contributed by atoms with Gasteiger partial charge < -0.3 is 24.1 Å². The second kappa shape index (κ2) is 10.4. The first-order valence-corrected chi connectivity index (χ1v) is 12.6. The maximum atomic E-state index is 6.32. The fourth-order valence-electron chi connectivity index (χ4n) is 4.31. The number of benzene rings is 3. The zero-order valence-electron chi connectivity index (χ0n) is 22.0. The number of nitrogens with one attached hydrogen (secondary N) is 1. The zero-order valence-corrected chi connectivity index (χ0v) is 22.0. The fourth-order valence-corrected chi connectivity index (χ4v) is 4.31. The highest BCUT2D eigenvalue weighted by atomic mass is 16.5. The molecule has 3 heterocycles. The first-order valence-electron chi connectivity index (χ1n) is 12.6. The molecule has 5 N–H and O–H groups in total. The van der Waals surface area contributed by atoms with E-state index in [1.807, 2.05) is 68.6 Å². The monoisotopic (exact) mass is 535 g/mol. The number of aliphatic imine (C=N–C) groups is 1. The number of para-hydroxylation sites is 1. The van der Waals surface area contributed by atoms with Crippen molar-refractivity contribution < 1.29 is 19.6 Å². The van der Waals surface area contributed by atoms with E-state index in [1.165, 1.54) is 0 Å². The standard InChI is InChI=1S/C29H26N8O3/c1-17-33-24-26(34-17)35-29(39-21-10-6-7-19(15-21)27-32-13-14-37(27)2)36-28(24)40-23-16-18(25(30)31)11-12-22(23)38-20-8-4-3-5-9-20/h3-12,15-16H,13-14H2,1-2H3,(H3,30,31)(H,33,34,35,36)/p+1. The van der Waals surface area contributed by atoms with Gasteiger partial charge in [-0.25, -0.2) is 4.98 Å². The van der Waals surface area contributed by atoms with Gasteiger partial charge in [0, 0.05) is 25.2 Å². The van der Waals surface area contributed by atoms with Crippen LogP contribution in [0, 0.1) is 6.92 Å². The van der Waals surface area contributed by atoms with E-state index in [9.17, 15) is 0 Å². The zero-order chi connectivity index (χ0) is 27.6. The Bertz CT molecular complexity index is 1750. The van der Waals surface area contributed by atoms with E-state index in [4.69, 9.17) is 25.4 Å². The molecule has 1 aliphatic rings. The first-order chi connectivity index (χ1) is 19.4. The summed E-state index contributed by atoms with van der Waals surface area (Å²) >= 11 is 0. The number of fused-ring (bicyclic) bond motifs is 1. The minimum Gasteiger partial charge on any atom is -0.453 e. The number of likely N-dealkylation sites (N-methyl/N-ethyl adjacent to an activating group) is 1. The molecular formula is C29H27N8O3+. The lowest BCUT2D eigenvalue weighted by molar-refractivity contribution is -0.114. The molecule has 3 aromatic carbocycles. The van der Waals surface area contributed by atoms with E-state index in [-0.39, 0.29) is 17.7 Å². The molecule has 1 aliphatic heterocycles. The summed E-state index contributed by atoms with van der Waals surface area (Å²) in [4.78, 5) is 23.4. The summed E-state index contributed by atoms with van der Waals surface area (Å²) in [6.45, 7) is 3.47. The number of imidazole rings is 1. The molecule has 0 fully saturated rings. The molecule has 6 rings (SSSR count). The predicted octanol–water partition coefficient (Wildman–Crippen LogP) is 3.19. The van der Waals surface area contributed by atoms with E-state index in [0.717, 1.165) is 24.5 Å². The van der Waals surface area contributed by atoms with Gasteiger partial charge in [-0.15, -0.1) is 0 Å². The lowest BCUT2D eigenvalue weighted by Gasteiger charge is -2.15. The minimum atomic E-state index is 0.0689. The van der Waals surface area contributed by atoms with Gasteiger partial charge in [-0.05, 0) is 43.3 Å². The van der Waals surface area contributed by atoms with Gasteiger partial charge in [-0.1, -0.05) is 30.3 Å². The van der Waals surface area contributed by atoms with Gasteiger partial charge in [0.1, 0.15) is 28.7 Å². The summed E-state index contributed by atoms with van der Waals surface area (Å²) in [5.74, 6) is 3.87. The van der Waals surface area contributed by atoms with Gasteiger partial charge in [0.05, 0.1) is 12.1 Å². The minimum absolute atomic E-state index is 0.0689. The molecular weight excluding hydrogens is 508 g/mol. The highest BCUT2D eigenvalue weighted by molar-refractivity contribution is 6.00. The Morgan fingerprint density at radius 2 is 1.73 bits per heavy atom. The van der Waals surface area contributed by atoms with E-state index in [0.29, 0.717) is 45.5 Å². The number of nitrogens with two attached hydrogens (primary N) is 2. The van der Waals surface area contributed by atoms with Crippen LogP contribution in [0.15, 0.2) is 77.8 Å². The fraction of sp³-hybridized carbons (Fsp3) is 0.138. The molecule has 2 aromatic heterocycles. The first kappa shape index (κ1) is 24.9. The van der Waals surface area contributed by atoms with E-state index in [1.54, 1.807) is 18.2 Å². The number of nitrogens with zero attached hydrogens (tertiary/aromatic N) is 5. The largest absolute Gasteiger partial charge is 0.453 e. The van der Waals surface area contributed by atoms with Crippen LogP contribution in [0.5, 0.6) is 34.9 Å². The Hall–Kier alpha value is -5.45. The molecule has 0 bridgehead atoms. The van der Waals surface area contributed by atoms with E-state index in [2.05, 4.69) is 29.8 Å². The predicted molar refractivity (Wildman–Crippen MR) is 150 cm³/mol. The molecule has 200 valence electrons. The van der Waals surface area contributed by atoms with Crippen molar-refractivity contribution in [2.45, 2.75) is 6.92 Å². The lowest BCUT2D eigenvalue weighted by Crippen LogP contribution is -2.46. The van der Waals surface area contributed by atoms with Crippen LogP contribution in [-0.2, 0) is 0 Å². The Labute approximate surface area is 229 Å². The van der Waals surface area contributed by atoms with Crippen LogP contribution in [0.25, 0.3) is 11.2 Å². The molecule has 0 amide bonds. The van der Waals surface area contributed by atoms with Crippen molar-refractivity contribution in [3.8, 4) is 34.9 Å². The number of rotatable bonds is 8. The van der Waals surface area contributed by atoms with Crippen molar-refractivity contribution in [3.05, 3.63) is 89.7 Å². The summed E-state index contributed by atoms with van der Waals surface area (Å²) in [6.07, 6.45) is 0. The maximum absolute atomic E-state index is 6.32. The molecule has 0 spiro atoms. The van der Waals surface area contributed by atoms with Crippen LogP contribution in [0.2, 0.25) is 0 Å². The van der Waals surface area contributed by atoms with Gasteiger partial charge in [0.15, 0.2) is 17.1 Å². The third kappa shape index (κ3) is 5.12. The second-order valence-corrected chi connectivity index (χ2v) is 9.22. The SMILES string of the molecule is Cc1nc2nc(Oc3cccc(C4=NCCN4C)c3)nc(Oc3cc(C(N)=[NH2+])ccc3Oc3ccccc3)c2[nH]1. The van der Waals surface area contributed by atoms with Crippen LogP contribution in [0.3, 0.4) is 0 Å². The van der Waals surface area contributed by atoms with E-state index >= 15 is 0 Å². The molecule has 0 atom stereocenters. The number of H-pyrrole nitrogens is 1. The smallest absolute Gasteiger partial charge is 0.327 e. The quantitative estimate of drug-likeness (QED) is 0.203. The second-order valence-electron chi connectivity index (χ2n) is 9.22. The van der Waals surface area contributed by atoms with Gasteiger partial charge in [0.2, 0.25) is 0 Å². The maximum Gasteiger partial charge on any atom is 0.327 e. The molecule has 0 saturated heterocycles. The third-order valence-corrected chi connectivity index (χ3v) is 6.23. The van der Waals surface area contributed by atoms with Crippen molar-refractivity contribution in [3.63, 3.8) is 0 Å². The van der Waals surface area contributed by atoms with Crippen LogP contribution >= 0.6 is 0 Å². The third-order valence-electron chi connectivity index (χ3n) is 6.23. The molecule has 11 heteroatoms. The van der Waals surface area contributed by atoms with E-state index < -0.39 is 0 Å². The van der Waals surface area contributed by atoms with Crippen molar-refractivity contribution >= 4 is 22.8 Å². The van der Waals surface area contributed by atoms with Crippen LogP contribution < -0.4 is 25.4 Å². The molecule has 0 unspecified atom stereocenters. The molecule has 5 aromatic rings. The molecule has 40 heavy (non-hydrogen) atoms. The molecule has 0 aliphatic carbocycles. The Balaban J connectivity index is 1.37. The van der Waals surface area contributed by atoms with Gasteiger partial charge >= 0.3 is 6.01 Å². The van der Waals surface area contributed by atoms with Gasteiger partial charge in [-0.3, -0.25) is 16.1 Å². The summed E-state index contributed by atoms with van der Waals surface area (Å²) in [5.41, 5.74) is 8.29. The Kier molecular flexibility index (Phi) is 6.44. The molecule has 11 nitrogen and oxygen atoms in total. The van der Waals surface area contributed by atoms with Gasteiger partial charge in [0.25, 0.3) is 11.7 Å². The van der Waals surface area contributed by atoms with Crippen molar-refractivity contribution in [1.29, 1.82) is 0 Å². The molecule has 0 radical (unpaired) electrons. The average Bonchev–Trinajstić information content (AvgIpc) is 3.55. The van der Waals surface area contributed by atoms with Crippen LogP contribution in [-0.4, -0.2) is 56.6 Å². The summed E-state index contributed by atoms with van der Waals surface area (Å²) in [6, 6.07) is 22.2. The highest BCUT2D eigenvalue weighted by Crippen LogP contribution is 2.37. The van der Waals surface area contributed by atoms with Crippen molar-refractivity contribution in [1.82, 2.24) is 24.8 Å². The molecule has 0 saturated carbocycles. The number of amidine groups is 2. The number of hydrogen-bond acceptors (Lipinski definition) is 8. The highest BCUT2D eigenvalue weighted by Gasteiger charge is 2.20.